The Kier molecular flexibility index (Phi) is 8.39. The van der Waals surface area contributed by atoms with Crippen LogP contribution in [0.2, 0.25) is 0 Å². The van der Waals surface area contributed by atoms with Crippen molar-refractivity contribution < 1.29 is 69.6 Å². The number of hydrogen-bond acceptors (Lipinski definition) is 14. The van der Waals surface area contributed by atoms with Crippen molar-refractivity contribution in [1.29, 1.82) is 0 Å². The number of benzene rings is 2. The van der Waals surface area contributed by atoms with E-state index in [9.17, 15) is 40.5 Å². The molecule has 17 nitrogen and oxygen atoms in total. The fraction of sp³-hybridized carbons (Fsp3) is 0.324. The minimum atomic E-state index is -2.58. The van der Waals surface area contributed by atoms with Gasteiger partial charge in [-0.3, -0.25) is 10.4 Å². The van der Waals surface area contributed by atoms with Gasteiger partial charge in [-0.15, -0.1) is 0 Å². The number of aliphatic hydroxyl groups excluding tert-OH is 3. The van der Waals surface area contributed by atoms with Crippen LogP contribution in [0.5, 0.6) is 28.7 Å². The number of aliphatic hydroxyl groups is 5. The van der Waals surface area contributed by atoms with Crippen molar-refractivity contribution in [3.8, 4) is 28.7 Å². The van der Waals surface area contributed by atoms with E-state index in [-0.39, 0.29) is 53.3 Å². The van der Waals surface area contributed by atoms with Gasteiger partial charge in [-0.1, -0.05) is 18.2 Å². The summed E-state index contributed by atoms with van der Waals surface area (Å²) in [5.74, 6) is -3.87. The lowest BCUT2D eigenvalue weighted by Gasteiger charge is -2.55. The Bertz CT molecular complexity index is 1970. The Morgan fingerprint density at radius 1 is 1.18 bits per heavy atom. The van der Waals surface area contributed by atoms with Gasteiger partial charge in [0.25, 0.3) is 0 Å². The van der Waals surface area contributed by atoms with E-state index < -0.39 is 59.5 Å². The number of ether oxygens (including phenoxy) is 5. The van der Waals surface area contributed by atoms with Gasteiger partial charge in [0, 0.05) is 18.2 Å². The smallest absolute Gasteiger partial charge is 0.336 e. The second-order valence-corrected chi connectivity index (χ2v) is 12.3. The maximum Gasteiger partial charge on any atom is 0.336 e. The van der Waals surface area contributed by atoms with Gasteiger partial charge in [0.15, 0.2) is 35.0 Å². The number of aliphatic carboxylic acids is 1. The Morgan fingerprint density at radius 2 is 1.94 bits per heavy atom. The molecule has 4 aliphatic heterocycles. The monoisotopic (exact) mass is 705 g/mol. The third kappa shape index (κ3) is 5.60. The molecule has 8 atom stereocenters. The standard InChI is InChI=1S/C34H32N4O13/c1-47-28-24(50-32-33(45)9-8-17(19-12-36-14-37-19)34(46,31(33)44)29(51-32)30(42)43)11-23-26(27(28)41)20(39)10-22(49-23)15-2-4-16(5-3-15)48-13-21(40)18-6-7-25(35)38-18/h2-11,14,17,21-22,29,31-32,35,39-41,44-46H,12-13H2,1H3,(H,42,43)/p+1. The van der Waals surface area contributed by atoms with E-state index in [1.54, 1.807) is 36.4 Å². The van der Waals surface area contributed by atoms with Crippen LogP contribution in [-0.2, 0) is 9.53 Å². The number of aromatic hydroxyl groups is 1. The molecular weight excluding hydrogens is 672 g/mol. The number of nitrogens with two attached hydrogens (primary N) is 1. The summed E-state index contributed by atoms with van der Waals surface area (Å²) in [5, 5.41) is 82.8. The number of carboxylic acids is 1. The van der Waals surface area contributed by atoms with Gasteiger partial charge in [-0.05, 0) is 34.8 Å². The molecule has 0 spiro atoms. The van der Waals surface area contributed by atoms with E-state index in [0.29, 0.717) is 17.0 Å². The normalized spacial score (nSPS) is 30.9. The Morgan fingerprint density at radius 3 is 2.59 bits per heavy atom. The molecule has 5 aliphatic rings. The summed E-state index contributed by atoms with van der Waals surface area (Å²) >= 11 is 0. The number of aliphatic imine (C=N–C) groups is 3. The third-order valence-electron chi connectivity index (χ3n) is 9.21. The molecule has 2 bridgehead atoms. The zero-order valence-electron chi connectivity index (χ0n) is 26.7. The van der Waals surface area contributed by atoms with Gasteiger partial charge in [-0.25, -0.2) is 9.79 Å². The highest BCUT2D eigenvalue weighted by Gasteiger charge is 2.69. The first-order chi connectivity index (χ1) is 24.3. The van der Waals surface area contributed by atoms with E-state index >= 15 is 0 Å². The molecule has 266 valence electrons. The van der Waals surface area contributed by atoms with E-state index in [1.807, 2.05) is 0 Å². The Labute approximate surface area is 288 Å². The van der Waals surface area contributed by atoms with Crippen molar-refractivity contribution >= 4 is 35.3 Å². The fourth-order valence-corrected chi connectivity index (χ4v) is 6.62. The van der Waals surface area contributed by atoms with Crippen LogP contribution in [0, 0.1) is 5.92 Å². The first-order valence-electron chi connectivity index (χ1n) is 15.6. The molecule has 17 heteroatoms. The first kappa shape index (κ1) is 33.9. The highest BCUT2D eigenvalue weighted by molar-refractivity contribution is 6.14. The Hall–Kier alpha value is -5.59. The van der Waals surface area contributed by atoms with Crippen molar-refractivity contribution in [2.45, 2.75) is 41.9 Å². The van der Waals surface area contributed by atoms with Crippen LogP contribution >= 0.6 is 0 Å². The molecule has 1 aliphatic carbocycles. The number of amidine groups is 1. The van der Waals surface area contributed by atoms with Gasteiger partial charge in [0.2, 0.25) is 12.0 Å². The van der Waals surface area contributed by atoms with Crippen molar-refractivity contribution in [3.63, 3.8) is 0 Å². The van der Waals surface area contributed by atoms with E-state index in [0.717, 1.165) is 6.08 Å². The fourth-order valence-electron chi connectivity index (χ4n) is 6.62. The summed E-state index contributed by atoms with van der Waals surface area (Å²) in [6, 6.07) is 7.79. The molecule has 9 N–H and O–H groups in total. The number of fused-ring (bicyclic) bond motifs is 3. The van der Waals surface area contributed by atoms with Crippen molar-refractivity contribution in [2.24, 2.45) is 20.9 Å². The average Bonchev–Trinajstić information content (AvgIpc) is 3.79. The number of phenols is 1. The number of rotatable bonds is 10. The molecule has 0 aromatic heterocycles. The predicted molar refractivity (Wildman–Crippen MR) is 176 cm³/mol. The van der Waals surface area contributed by atoms with Crippen molar-refractivity contribution in [1.82, 2.24) is 0 Å². The first-order valence-corrected chi connectivity index (χ1v) is 15.6. The minimum absolute atomic E-state index is 0.0362. The lowest BCUT2D eigenvalue weighted by Crippen LogP contribution is -2.78. The second-order valence-electron chi connectivity index (χ2n) is 12.3. The van der Waals surface area contributed by atoms with Gasteiger partial charge in [0.1, 0.15) is 53.6 Å². The topological polar surface area (TPSA) is 267 Å². The SMILES string of the molecule is COc1c(OC2OC(C(=O)O)C3(O)C(C4=NC=NC4)C=CC2(O)C3O)cc2c(c1O)C(O)=CC(c1ccc(OCC(O)C3=NC(=[NH2+])C=C3)cc1)O2. The summed E-state index contributed by atoms with van der Waals surface area (Å²) in [4.78, 5) is 24.5. The molecule has 0 radical (unpaired) electrons. The lowest BCUT2D eigenvalue weighted by atomic mass is 9.64. The average molecular weight is 706 g/mol. The van der Waals surface area contributed by atoms with Crippen LogP contribution in [0.15, 0.2) is 75.7 Å². The highest BCUT2D eigenvalue weighted by atomic mass is 16.7. The van der Waals surface area contributed by atoms with E-state index in [1.165, 1.54) is 31.7 Å². The van der Waals surface area contributed by atoms with Crippen molar-refractivity contribution in [2.75, 3.05) is 20.3 Å². The minimum Gasteiger partial charge on any atom is -0.507 e. The van der Waals surface area contributed by atoms with Crippen LogP contribution < -0.4 is 24.4 Å². The van der Waals surface area contributed by atoms with E-state index in [2.05, 4.69) is 15.0 Å². The van der Waals surface area contributed by atoms with Crippen LogP contribution in [0.3, 0.4) is 0 Å². The number of phenolic OH excluding ortho intramolecular Hbond substituents is 1. The predicted octanol–water partition coefficient (Wildman–Crippen LogP) is -0.978. The van der Waals surface area contributed by atoms with Crippen LogP contribution in [0.1, 0.15) is 17.2 Å². The molecule has 8 unspecified atom stereocenters. The highest BCUT2D eigenvalue weighted by Crippen LogP contribution is 2.53. The van der Waals surface area contributed by atoms with Gasteiger partial charge in [0.05, 0.1) is 25.3 Å². The van der Waals surface area contributed by atoms with Crippen LogP contribution in [-0.4, -0.2) is 121 Å². The second kappa shape index (κ2) is 12.6. The molecule has 1 saturated heterocycles. The van der Waals surface area contributed by atoms with Gasteiger partial charge >= 0.3 is 11.8 Å². The largest absolute Gasteiger partial charge is 0.507 e. The maximum atomic E-state index is 12.4. The number of methoxy groups -OCH3 is 1. The number of nitrogens with zero attached hydrogens (tertiary/aromatic N) is 3. The van der Waals surface area contributed by atoms with Gasteiger partial charge in [-0.2, -0.15) is 0 Å². The molecule has 7 rings (SSSR count). The number of hydrogen-bond donors (Lipinski definition) is 8. The number of carboxylic acid groups (broad SMARTS) is 1. The molecule has 4 heterocycles. The zero-order chi connectivity index (χ0) is 36.2. The van der Waals surface area contributed by atoms with Crippen LogP contribution in [0.4, 0.5) is 0 Å². The third-order valence-corrected chi connectivity index (χ3v) is 9.21. The van der Waals surface area contributed by atoms with Crippen LogP contribution in [0.25, 0.3) is 5.76 Å². The summed E-state index contributed by atoms with van der Waals surface area (Å²) < 4.78 is 28.7. The molecule has 1 fully saturated rings. The Balaban J connectivity index is 1.14. The van der Waals surface area contributed by atoms with Crippen molar-refractivity contribution in [3.05, 3.63) is 71.8 Å². The summed E-state index contributed by atoms with van der Waals surface area (Å²) in [7, 11) is 1.19. The molecule has 0 amide bonds. The zero-order valence-corrected chi connectivity index (χ0v) is 26.7. The van der Waals surface area contributed by atoms with Gasteiger partial charge < -0.3 is 59.4 Å². The summed E-state index contributed by atoms with van der Waals surface area (Å²) in [5.41, 5.74) is -4.05. The maximum absolute atomic E-state index is 12.4. The van der Waals surface area contributed by atoms with E-state index in [4.69, 9.17) is 29.1 Å². The summed E-state index contributed by atoms with van der Waals surface area (Å²) in [6.45, 7) is -0.0495. The lowest BCUT2D eigenvalue weighted by molar-refractivity contribution is -0.337. The number of carbonyl (C=O) groups is 1. The quantitative estimate of drug-likeness (QED) is 0.138. The molecule has 2 aromatic carbocycles. The molecule has 51 heavy (non-hydrogen) atoms. The molecule has 0 saturated carbocycles. The summed E-state index contributed by atoms with van der Waals surface area (Å²) in [6.07, 6.45) is 0.0281. The molecule has 2 aromatic rings. The molecular formula is C34H33N4O13+.